The van der Waals surface area contributed by atoms with Crippen LogP contribution in [0.15, 0.2) is 54.6 Å². The number of hydrogen-bond acceptors (Lipinski definition) is 6. The molecule has 4 rings (SSSR count). The maximum absolute atomic E-state index is 8.96. The third-order valence-electron chi connectivity index (χ3n) is 4.17. The normalized spacial score (nSPS) is 10.5. The van der Waals surface area contributed by atoms with Crippen molar-refractivity contribution < 1.29 is 9.47 Å². The molecule has 0 saturated carbocycles. The van der Waals surface area contributed by atoms with E-state index in [0.717, 1.165) is 16.5 Å². The van der Waals surface area contributed by atoms with Gasteiger partial charge in [0.2, 0.25) is 5.88 Å². The topological polar surface area (TPSA) is 95.8 Å². The molecular formula is C21H17N5O2. The molecular weight excluding hydrogens is 354 g/mol. The van der Waals surface area contributed by atoms with Crippen molar-refractivity contribution in [1.82, 2.24) is 15.2 Å². The van der Waals surface area contributed by atoms with Crippen molar-refractivity contribution in [2.75, 3.05) is 12.4 Å². The molecule has 0 fully saturated rings. The third kappa shape index (κ3) is 3.57. The fraction of sp³-hybridized carbons (Fsp3) is 0.0952. The van der Waals surface area contributed by atoms with Crippen molar-refractivity contribution in [2.24, 2.45) is 0 Å². The Hall–Kier alpha value is -4.05. The lowest BCUT2D eigenvalue weighted by molar-refractivity contribution is 0.415. The number of pyridine rings is 1. The van der Waals surface area contributed by atoms with Crippen LogP contribution in [0, 0.1) is 18.3 Å². The first-order valence-corrected chi connectivity index (χ1v) is 8.60. The Labute approximate surface area is 161 Å². The van der Waals surface area contributed by atoms with Crippen LogP contribution in [-0.4, -0.2) is 22.3 Å². The van der Waals surface area contributed by atoms with Crippen LogP contribution in [0.3, 0.4) is 0 Å². The number of fused-ring (bicyclic) bond motifs is 1. The van der Waals surface area contributed by atoms with Crippen LogP contribution in [-0.2, 0) is 0 Å². The molecule has 138 valence electrons. The van der Waals surface area contributed by atoms with Crippen LogP contribution in [0.4, 0.5) is 11.6 Å². The van der Waals surface area contributed by atoms with E-state index in [2.05, 4.69) is 26.6 Å². The molecule has 0 spiro atoms. The fourth-order valence-electron chi connectivity index (χ4n) is 2.79. The van der Waals surface area contributed by atoms with Crippen LogP contribution in [0.1, 0.15) is 11.3 Å². The third-order valence-corrected chi connectivity index (χ3v) is 4.17. The predicted molar refractivity (Wildman–Crippen MR) is 106 cm³/mol. The lowest BCUT2D eigenvalue weighted by atomic mass is 10.1. The van der Waals surface area contributed by atoms with Gasteiger partial charge in [0.05, 0.1) is 18.7 Å². The number of nitrogens with one attached hydrogen (secondary N) is 2. The van der Waals surface area contributed by atoms with Crippen molar-refractivity contribution >= 4 is 22.4 Å². The Morgan fingerprint density at radius 2 is 1.79 bits per heavy atom. The van der Waals surface area contributed by atoms with E-state index in [1.165, 1.54) is 0 Å². The Morgan fingerprint density at radius 1 is 1.00 bits per heavy atom. The molecule has 0 bridgehead atoms. The molecule has 7 nitrogen and oxygen atoms in total. The van der Waals surface area contributed by atoms with Gasteiger partial charge < -0.3 is 14.8 Å². The second kappa shape index (κ2) is 7.29. The van der Waals surface area contributed by atoms with Gasteiger partial charge in [-0.15, -0.1) is 0 Å². The first kappa shape index (κ1) is 17.4. The smallest absolute Gasteiger partial charge is 0.229 e. The number of nitriles is 1. The van der Waals surface area contributed by atoms with Gasteiger partial charge in [0.25, 0.3) is 0 Å². The number of nitrogens with zero attached hydrogens (tertiary/aromatic N) is 3. The Kier molecular flexibility index (Phi) is 4.52. The summed E-state index contributed by atoms with van der Waals surface area (Å²) in [6.07, 6.45) is 0. The summed E-state index contributed by atoms with van der Waals surface area (Å²) in [5.74, 6) is 3.00. The summed E-state index contributed by atoms with van der Waals surface area (Å²) in [5, 5.41) is 21.0. The van der Waals surface area contributed by atoms with E-state index in [1.807, 2.05) is 37.3 Å². The second-order valence-corrected chi connectivity index (χ2v) is 6.20. The molecule has 2 aromatic heterocycles. The Balaban J connectivity index is 1.76. The molecule has 2 heterocycles. The van der Waals surface area contributed by atoms with Crippen LogP contribution in [0.2, 0.25) is 0 Å². The molecule has 0 radical (unpaired) electrons. The number of ether oxygens (including phenoxy) is 2. The summed E-state index contributed by atoms with van der Waals surface area (Å²) in [4.78, 5) is 4.61. The summed E-state index contributed by atoms with van der Waals surface area (Å²) >= 11 is 0. The standard InChI is InChI=1S/C21H17N5O2/c1-13-9-20(26-25-13)23-19-10-15-5-8-17(27-2)11-18(15)21(24-19)28-16-6-3-14(12-22)4-7-16/h3-11H,1-2H3,(H2,23,24,25,26). The molecule has 0 unspecified atom stereocenters. The highest BCUT2D eigenvalue weighted by molar-refractivity contribution is 5.90. The fourth-order valence-corrected chi connectivity index (χ4v) is 2.79. The van der Waals surface area contributed by atoms with E-state index in [-0.39, 0.29) is 0 Å². The highest BCUT2D eigenvalue weighted by Crippen LogP contribution is 2.33. The van der Waals surface area contributed by atoms with Gasteiger partial charge in [0.15, 0.2) is 5.82 Å². The first-order valence-electron chi connectivity index (χ1n) is 8.60. The van der Waals surface area contributed by atoms with E-state index in [4.69, 9.17) is 14.7 Å². The van der Waals surface area contributed by atoms with Gasteiger partial charge in [-0.25, -0.2) is 0 Å². The van der Waals surface area contributed by atoms with Gasteiger partial charge in [0, 0.05) is 17.1 Å². The van der Waals surface area contributed by atoms with Gasteiger partial charge in [-0.05, 0) is 54.8 Å². The molecule has 4 aromatic rings. The molecule has 2 aromatic carbocycles. The average molecular weight is 371 g/mol. The number of anilines is 2. The lowest BCUT2D eigenvalue weighted by Gasteiger charge is -2.12. The zero-order valence-electron chi connectivity index (χ0n) is 15.4. The number of methoxy groups -OCH3 is 1. The zero-order chi connectivity index (χ0) is 19.5. The van der Waals surface area contributed by atoms with Gasteiger partial charge in [-0.3, -0.25) is 5.10 Å². The summed E-state index contributed by atoms with van der Waals surface area (Å²) in [5.41, 5.74) is 1.51. The van der Waals surface area contributed by atoms with Crippen molar-refractivity contribution in [2.45, 2.75) is 6.92 Å². The largest absolute Gasteiger partial charge is 0.497 e. The molecule has 0 aliphatic carbocycles. The highest BCUT2D eigenvalue weighted by Gasteiger charge is 2.11. The number of aromatic amines is 1. The zero-order valence-corrected chi connectivity index (χ0v) is 15.4. The minimum atomic E-state index is 0.427. The minimum absolute atomic E-state index is 0.427. The van der Waals surface area contributed by atoms with E-state index in [1.54, 1.807) is 31.4 Å². The molecule has 0 aliphatic rings. The monoisotopic (exact) mass is 371 g/mol. The Morgan fingerprint density at radius 3 is 2.46 bits per heavy atom. The van der Waals surface area contributed by atoms with Crippen molar-refractivity contribution in [3.05, 3.63) is 65.9 Å². The molecule has 0 atom stereocenters. The van der Waals surface area contributed by atoms with Crippen LogP contribution in [0.5, 0.6) is 17.4 Å². The number of H-pyrrole nitrogens is 1. The van der Waals surface area contributed by atoms with E-state index >= 15 is 0 Å². The van der Waals surface area contributed by atoms with Crippen LogP contribution >= 0.6 is 0 Å². The van der Waals surface area contributed by atoms with Crippen LogP contribution in [0.25, 0.3) is 10.8 Å². The highest BCUT2D eigenvalue weighted by atomic mass is 16.5. The first-order chi connectivity index (χ1) is 13.6. The second-order valence-electron chi connectivity index (χ2n) is 6.20. The van der Waals surface area contributed by atoms with E-state index < -0.39 is 0 Å². The SMILES string of the molecule is COc1ccc2cc(Nc3cc(C)[nH]n3)nc(Oc3ccc(C#N)cc3)c2c1. The molecule has 7 heteroatoms. The summed E-state index contributed by atoms with van der Waals surface area (Å²) in [6.45, 7) is 1.93. The molecule has 0 aliphatic heterocycles. The van der Waals surface area contributed by atoms with Gasteiger partial charge in [-0.2, -0.15) is 15.3 Å². The van der Waals surface area contributed by atoms with Crippen molar-refractivity contribution in [1.29, 1.82) is 5.26 Å². The number of hydrogen-bond donors (Lipinski definition) is 2. The number of aromatic nitrogens is 3. The van der Waals surface area contributed by atoms with Crippen molar-refractivity contribution in [3.8, 4) is 23.4 Å². The van der Waals surface area contributed by atoms with Crippen molar-refractivity contribution in [3.63, 3.8) is 0 Å². The van der Waals surface area contributed by atoms with Gasteiger partial charge >= 0.3 is 0 Å². The molecule has 28 heavy (non-hydrogen) atoms. The van der Waals surface area contributed by atoms with Crippen LogP contribution < -0.4 is 14.8 Å². The average Bonchev–Trinajstić information content (AvgIpc) is 3.13. The summed E-state index contributed by atoms with van der Waals surface area (Å²) < 4.78 is 11.4. The maximum Gasteiger partial charge on any atom is 0.229 e. The van der Waals surface area contributed by atoms with Gasteiger partial charge in [-0.1, -0.05) is 6.07 Å². The number of rotatable bonds is 5. The number of aryl methyl sites for hydroxylation is 1. The predicted octanol–water partition coefficient (Wildman–Crippen LogP) is 4.68. The van der Waals surface area contributed by atoms with Gasteiger partial charge in [0.1, 0.15) is 17.3 Å². The summed E-state index contributed by atoms with van der Waals surface area (Å²) in [6, 6.07) is 18.5. The molecule has 0 saturated heterocycles. The van der Waals surface area contributed by atoms with E-state index in [0.29, 0.717) is 34.6 Å². The number of benzene rings is 2. The quantitative estimate of drug-likeness (QED) is 0.529. The molecule has 0 amide bonds. The van der Waals surface area contributed by atoms with E-state index in [9.17, 15) is 0 Å². The Bertz CT molecular complexity index is 1180. The minimum Gasteiger partial charge on any atom is -0.497 e. The summed E-state index contributed by atoms with van der Waals surface area (Å²) in [7, 11) is 1.62. The maximum atomic E-state index is 8.96. The molecule has 2 N–H and O–H groups in total. The lowest BCUT2D eigenvalue weighted by Crippen LogP contribution is -1.98.